The van der Waals surface area contributed by atoms with Gasteiger partial charge in [-0.2, -0.15) is 0 Å². The minimum atomic E-state index is -3.05. The van der Waals surface area contributed by atoms with Crippen LogP contribution in [0.4, 0.5) is 0 Å². The highest BCUT2D eigenvalue weighted by Crippen LogP contribution is 2.69. The lowest BCUT2D eigenvalue weighted by Crippen LogP contribution is -2.50. The van der Waals surface area contributed by atoms with Gasteiger partial charge in [0.1, 0.15) is 0 Å². The van der Waals surface area contributed by atoms with Crippen LogP contribution in [-0.2, 0) is 9.30 Å². The van der Waals surface area contributed by atoms with E-state index in [1.807, 2.05) is 60.7 Å². The number of methoxy groups -OCH3 is 1. The molecule has 0 bridgehead atoms. The molecule has 0 spiro atoms. The molecule has 26 heavy (non-hydrogen) atoms. The second kappa shape index (κ2) is 7.00. The summed E-state index contributed by atoms with van der Waals surface area (Å²) in [5.74, 6) is 0. The van der Waals surface area contributed by atoms with Crippen LogP contribution < -0.4 is 10.6 Å². The van der Waals surface area contributed by atoms with Gasteiger partial charge in [-0.05, 0) is 17.4 Å². The normalized spacial score (nSPS) is 20.8. The van der Waals surface area contributed by atoms with Gasteiger partial charge in [-0.1, -0.05) is 93.0 Å². The molecule has 2 nitrogen and oxygen atoms in total. The number of halogens is 1. The second-order valence-corrected chi connectivity index (χ2v) is 11.4. The number of allylic oxidation sites excluding steroid dienone is 1. The Kier molecular flexibility index (Phi) is 5.23. The van der Waals surface area contributed by atoms with Gasteiger partial charge in [-0.25, -0.2) is 0 Å². The van der Waals surface area contributed by atoms with E-state index in [0.717, 1.165) is 10.6 Å². The first-order chi connectivity index (χ1) is 12.3. The van der Waals surface area contributed by atoms with E-state index in [9.17, 15) is 4.57 Å². The zero-order valence-electron chi connectivity index (χ0n) is 15.8. The van der Waals surface area contributed by atoms with Gasteiger partial charge in [0.15, 0.2) is 7.14 Å². The lowest BCUT2D eigenvalue weighted by atomic mass is 9.72. The first kappa shape index (κ1) is 19.4. The predicted molar refractivity (Wildman–Crippen MR) is 111 cm³/mol. The molecule has 0 radical (unpaired) electrons. The number of benzene rings is 2. The van der Waals surface area contributed by atoms with Crippen molar-refractivity contribution in [3.8, 4) is 0 Å². The van der Waals surface area contributed by atoms with E-state index in [1.165, 1.54) is 5.57 Å². The van der Waals surface area contributed by atoms with Gasteiger partial charge in [0.25, 0.3) is 0 Å². The Bertz CT molecular complexity index is 809. The van der Waals surface area contributed by atoms with Gasteiger partial charge in [-0.15, -0.1) is 0 Å². The molecule has 3 rings (SSSR count). The molecule has 0 saturated heterocycles. The summed E-state index contributed by atoms with van der Waals surface area (Å²) < 4.78 is 20.4. The summed E-state index contributed by atoms with van der Waals surface area (Å²) in [6.45, 7) is 6.79. The van der Waals surface area contributed by atoms with Crippen molar-refractivity contribution in [3.05, 3.63) is 71.3 Å². The predicted octanol–water partition coefficient (Wildman–Crippen LogP) is 5.33. The highest BCUT2D eigenvalue weighted by Gasteiger charge is 2.60. The van der Waals surface area contributed by atoms with Crippen LogP contribution in [-0.4, -0.2) is 18.9 Å². The van der Waals surface area contributed by atoms with Crippen LogP contribution >= 0.6 is 18.7 Å². The van der Waals surface area contributed by atoms with E-state index in [0.29, 0.717) is 18.1 Å². The maximum Gasteiger partial charge on any atom is 0.156 e. The summed E-state index contributed by atoms with van der Waals surface area (Å²) in [5, 5.41) is 1.67. The van der Waals surface area contributed by atoms with Crippen LogP contribution in [0.25, 0.3) is 0 Å². The molecule has 0 fully saturated rings. The van der Waals surface area contributed by atoms with Crippen molar-refractivity contribution in [2.75, 3.05) is 13.7 Å². The van der Waals surface area contributed by atoms with E-state index in [2.05, 4.69) is 20.8 Å². The summed E-state index contributed by atoms with van der Waals surface area (Å²) in [5.41, 5.74) is 1.12. The fourth-order valence-corrected chi connectivity index (χ4v) is 8.23. The molecule has 1 aliphatic carbocycles. The van der Waals surface area contributed by atoms with E-state index in [4.69, 9.17) is 16.3 Å². The maximum atomic E-state index is 14.8. The third-order valence-corrected chi connectivity index (χ3v) is 9.76. The standard InChI is InChI=1S/C22H26ClO2P/c1-21(2,3)19-15-22(16-25-4,20(19)23)26(24,17-11-7-5-8-12-17)18-13-9-6-10-14-18/h5-14H,15-16H2,1-4H3. The molecule has 2 aromatic carbocycles. The monoisotopic (exact) mass is 388 g/mol. The molecule has 4 heteroatoms. The topological polar surface area (TPSA) is 26.3 Å². The minimum Gasteiger partial charge on any atom is -0.383 e. The van der Waals surface area contributed by atoms with Crippen molar-refractivity contribution >= 4 is 29.4 Å². The number of hydrogen-bond donors (Lipinski definition) is 0. The van der Waals surface area contributed by atoms with Crippen molar-refractivity contribution < 1.29 is 9.30 Å². The molecule has 2 aromatic rings. The molecule has 0 amide bonds. The molecular weight excluding hydrogens is 363 g/mol. The van der Waals surface area contributed by atoms with Gasteiger partial charge >= 0.3 is 0 Å². The molecule has 1 atom stereocenters. The largest absolute Gasteiger partial charge is 0.383 e. The first-order valence-electron chi connectivity index (χ1n) is 8.87. The zero-order valence-corrected chi connectivity index (χ0v) is 17.5. The Morgan fingerprint density at radius 2 is 1.46 bits per heavy atom. The quantitative estimate of drug-likeness (QED) is 0.647. The third-order valence-electron chi connectivity index (χ3n) is 5.27. The van der Waals surface area contributed by atoms with Crippen molar-refractivity contribution in [1.29, 1.82) is 0 Å². The van der Waals surface area contributed by atoms with E-state index in [-0.39, 0.29) is 5.41 Å². The second-order valence-electron chi connectivity index (χ2n) is 7.96. The highest BCUT2D eigenvalue weighted by atomic mass is 35.5. The Morgan fingerprint density at radius 1 is 1.00 bits per heavy atom. The summed E-state index contributed by atoms with van der Waals surface area (Å²) in [4.78, 5) is 0. The van der Waals surface area contributed by atoms with Gasteiger partial charge in [-0.3, -0.25) is 0 Å². The molecule has 138 valence electrons. The first-order valence-corrected chi connectivity index (χ1v) is 11.0. The molecule has 0 saturated carbocycles. The van der Waals surface area contributed by atoms with Crippen LogP contribution in [0.1, 0.15) is 27.2 Å². The van der Waals surface area contributed by atoms with Crippen molar-refractivity contribution in [2.45, 2.75) is 32.3 Å². The SMILES string of the molecule is COCC1(P(=O)(c2ccccc2)c2ccccc2)CC(C(C)(C)C)=C1Cl. The number of ether oxygens (including phenoxy) is 1. The van der Waals surface area contributed by atoms with E-state index in [1.54, 1.807) is 7.11 Å². The smallest absolute Gasteiger partial charge is 0.156 e. The van der Waals surface area contributed by atoms with Gasteiger partial charge in [0.2, 0.25) is 0 Å². The molecule has 1 unspecified atom stereocenters. The molecule has 0 heterocycles. The highest BCUT2D eigenvalue weighted by molar-refractivity contribution is 7.80. The van der Waals surface area contributed by atoms with E-state index >= 15 is 0 Å². The van der Waals surface area contributed by atoms with Crippen molar-refractivity contribution in [2.24, 2.45) is 5.41 Å². The van der Waals surface area contributed by atoms with Crippen LogP contribution in [0.3, 0.4) is 0 Å². The van der Waals surface area contributed by atoms with Crippen molar-refractivity contribution in [1.82, 2.24) is 0 Å². The van der Waals surface area contributed by atoms with Crippen LogP contribution in [0.2, 0.25) is 0 Å². The summed E-state index contributed by atoms with van der Waals surface area (Å²) in [6.07, 6.45) is 0.685. The summed E-state index contributed by atoms with van der Waals surface area (Å²) in [6, 6.07) is 19.4. The zero-order chi connectivity index (χ0) is 19.0. The Labute approximate surface area is 161 Å². The Morgan fingerprint density at radius 3 is 1.81 bits per heavy atom. The van der Waals surface area contributed by atoms with Crippen LogP contribution in [0.5, 0.6) is 0 Å². The van der Waals surface area contributed by atoms with Gasteiger partial charge < -0.3 is 9.30 Å². The summed E-state index contributed by atoms with van der Waals surface area (Å²) in [7, 11) is -1.40. The molecule has 1 aliphatic rings. The van der Waals surface area contributed by atoms with Crippen LogP contribution in [0.15, 0.2) is 71.3 Å². The molecule has 0 aliphatic heterocycles. The third kappa shape index (κ3) is 2.89. The number of rotatable bonds is 5. The molecular formula is C22H26ClO2P. The average Bonchev–Trinajstić information content (AvgIpc) is 2.64. The van der Waals surface area contributed by atoms with Crippen molar-refractivity contribution in [3.63, 3.8) is 0 Å². The molecule has 0 N–H and O–H groups in total. The summed E-state index contributed by atoms with van der Waals surface area (Å²) >= 11 is 6.91. The Hall–Kier alpha value is -1.34. The average molecular weight is 389 g/mol. The number of hydrogen-bond acceptors (Lipinski definition) is 2. The fourth-order valence-electron chi connectivity index (χ4n) is 3.83. The minimum absolute atomic E-state index is 0.0491. The van der Waals surface area contributed by atoms with Gasteiger partial charge in [0.05, 0.1) is 11.8 Å². The molecule has 0 aromatic heterocycles. The lowest BCUT2D eigenvalue weighted by molar-refractivity contribution is 0.165. The van der Waals surface area contributed by atoms with Crippen LogP contribution in [0, 0.1) is 5.41 Å². The van der Waals surface area contributed by atoms with Gasteiger partial charge in [0, 0.05) is 22.8 Å². The Balaban J connectivity index is 2.28. The maximum absolute atomic E-state index is 14.8. The van der Waals surface area contributed by atoms with E-state index < -0.39 is 12.3 Å². The lowest BCUT2D eigenvalue weighted by Gasteiger charge is -2.51. The fraction of sp³-hybridized carbons (Fsp3) is 0.364.